The third-order valence-corrected chi connectivity index (χ3v) is 5.67. The molecule has 0 saturated carbocycles. The van der Waals surface area contributed by atoms with Crippen LogP contribution in [0.5, 0.6) is 0 Å². The number of fused-ring (bicyclic) bond motifs is 1. The molecule has 1 N–H and O–H groups in total. The summed E-state index contributed by atoms with van der Waals surface area (Å²) >= 11 is 1.73. The van der Waals surface area contributed by atoms with Crippen LogP contribution in [0, 0.1) is 5.41 Å². The van der Waals surface area contributed by atoms with Gasteiger partial charge in [-0.2, -0.15) is 0 Å². The Morgan fingerprint density at radius 3 is 2.62 bits per heavy atom. The summed E-state index contributed by atoms with van der Waals surface area (Å²) in [6, 6.07) is 0.381. The lowest BCUT2D eigenvalue weighted by atomic mass is 9.78. The van der Waals surface area contributed by atoms with Crippen molar-refractivity contribution in [3.63, 3.8) is 0 Å². The van der Waals surface area contributed by atoms with Crippen LogP contribution in [-0.2, 0) is 0 Å². The Bertz CT molecular complexity index is 696. The number of halogens is 1. The Morgan fingerprint density at radius 1 is 1.29 bits per heavy atom. The summed E-state index contributed by atoms with van der Waals surface area (Å²) in [5, 5.41) is 4.62. The van der Waals surface area contributed by atoms with E-state index in [1.165, 1.54) is 16.3 Å². The SMILES string of the molecule is Br.CN=C1CC(C)(C)CC2=C1Sc1ncnc(N(C)C(C)C)c1N2. The number of nitrogens with one attached hydrogen (secondary N) is 1. The highest BCUT2D eigenvalue weighted by atomic mass is 79.9. The van der Waals surface area contributed by atoms with E-state index in [9.17, 15) is 0 Å². The van der Waals surface area contributed by atoms with Crippen LogP contribution >= 0.6 is 28.7 Å². The first kappa shape index (κ1) is 19.2. The lowest BCUT2D eigenvalue weighted by Gasteiger charge is -2.37. The molecule has 0 bridgehead atoms. The van der Waals surface area contributed by atoms with Crippen LogP contribution in [0.1, 0.15) is 40.5 Å². The molecule has 0 unspecified atom stereocenters. The zero-order valence-corrected chi connectivity index (χ0v) is 17.7. The minimum atomic E-state index is 0. The Labute approximate surface area is 159 Å². The smallest absolute Gasteiger partial charge is 0.156 e. The van der Waals surface area contributed by atoms with Gasteiger partial charge in [0.05, 0.1) is 10.6 Å². The molecule has 5 nitrogen and oxygen atoms in total. The van der Waals surface area contributed by atoms with Gasteiger partial charge < -0.3 is 10.2 Å². The van der Waals surface area contributed by atoms with Crippen molar-refractivity contribution in [2.75, 3.05) is 24.3 Å². The molecule has 0 radical (unpaired) electrons. The maximum Gasteiger partial charge on any atom is 0.156 e. The molecule has 0 aromatic carbocycles. The van der Waals surface area contributed by atoms with Gasteiger partial charge in [0.1, 0.15) is 17.0 Å². The first-order valence-corrected chi connectivity index (χ1v) is 8.86. The molecule has 1 aromatic rings. The molecule has 0 amide bonds. The van der Waals surface area contributed by atoms with E-state index in [4.69, 9.17) is 0 Å². The molecule has 0 fully saturated rings. The summed E-state index contributed by atoms with van der Waals surface area (Å²) in [4.78, 5) is 17.0. The fourth-order valence-electron chi connectivity index (χ4n) is 3.04. The van der Waals surface area contributed by atoms with Crippen LogP contribution in [0.2, 0.25) is 0 Å². The number of nitrogens with zero attached hydrogens (tertiary/aromatic N) is 4. The van der Waals surface area contributed by atoms with Gasteiger partial charge in [-0.3, -0.25) is 4.99 Å². The summed E-state index contributed by atoms with van der Waals surface area (Å²) in [6.45, 7) is 8.93. The molecular formula is C17H26BrN5S. The fraction of sp³-hybridized carbons (Fsp3) is 0.588. The molecule has 1 aromatic heterocycles. The van der Waals surface area contributed by atoms with Crippen molar-refractivity contribution in [3.8, 4) is 0 Å². The molecule has 2 heterocycles. The molecule has 3 rings (SSSR count). The van der Waals surface area contributed by atoms with Gasteiger partial charge in [-0.25, -0.2) is 9.97 Å². The van der Waals surface area contributed by atoms with Gasteiger partial charge in [0.25, 0.3) is 0 Å². The molecule has 0 atom stereocenters. The minimum absolute atomic E-state index is 0. The number of aromatic nitrogens is 2. The number of aliphatic imine (C=N–C) groups is 1. The minimum Gasteiger partial charge on any atom is -0.355 e. The number of hydrogen-bond acceptors (Lipinski definition) is 6. The Kier molecular flexibility index (Phi) is 5.64. The topological polar surface area (TPSA) is 53.4 Å². The molecule has 7 heteroatoms. The Balaban J connectivity index is 0.00000208. The summed E-state index contributed by atoms with van der Waals surface area (Å²) in [5.41, 5.74) is 3.68. The van der Waals surface area contributed by atoms with Gasteiger partial charge in [0.2, 0.25) is 0 Å². The highest BCUT2D eigenvalue weighted by Gasteiger charge is 2.36. The summed E-state index contributed by atoms with van der Waals surface area (Å²) in [7, 11) is 3.96. The number of rotatable bonds is 2. The van der Waals surface area contributed by atoms with E-state index in [2.05, 4.69) is 59.9 Å². The summed E-state index contributed by atoms with van der Waals surface area (Å²) in [6.07, 6.45) is 3.69. The van der Waals surface area contributed by atoms with Crippen LogP contribution in [-0.4, -0.2) is 35.8 Å². The second-order valence-electron chi connectivity index (χ2n) is 7.30. The number of allylic oxidation sites excluding steroid dienone is 2. The average Bonchev–Trinajstić information content (AvgIpc) is 2.50. The van der Waals surface area contributed by atoms with Gasteiger partial charge >= 0.3 is 0 Å². The second kappa shape index (κ2) is 7.04. The lowest BCUT2D eigenvalue weighted by molar-refractivity contribution is 0.373. The van der Waals surface area contributed by atoms with Gasteiger partial charge in [0, 0.05) is 25.8 Å². The highest BCUT2D eigenvalue weighted by molar-refractivity contribution is 8.93. The van der Waals surface area contributed by atoms with Crippen molar-refractivity contribution in [1.82, 2.24) is 9.97 Å². The summed E-state index contributed by atoms with van der Waals surface area (Å²) in [5.74, 6) is 0.961. The largest absolute Gasteiger partial charge is 0.355 e. The normalized spacial score (nSPS) is 20.2. The van der Waals surface area contributed by atoms with E-state index in [-0.39, 0.29) is 22.4 Å². The van der Waals surface area contributed by atoms with E-state index in [1.54, 1.807) is 18.1 Å². The highest BCUT2D eigenvalue weighted by Crippen LogP contribution is 2.49. The third-order valence-electron chi connectivity index (χ3n) is 4.48. The van der Waals surface area contributed by atoms with Crippen molar-refractivity contribution >= 4 is 46.0 Å². The van der Waals surface area contributed by atoms with E-state index in [0.717, 1.165) is 29.4 Å². The number of thioether (sulfide) groups is 1. The fourth-order valence-corrected chi connectivity index (χ4v) is 4.10. The molecule has 0 saturated heterocycles. The van der Waals surface area contributed by atoms with Crippen molar-refractivity contribution in [1.29, 1.82) is 0 Å². The van der Waals surface area contributed by atoms with Crippen molar-refractivity contribution < 1.29 is 0 Å². The van der Waals surface area contributed by atoms with Crippen LogP contribution < -0.4 is 10.2 Å². The zero-order chi connectivity index (χ0) is 16.8. The molecule has 1 aliphatic carbocycles. The predicted molar refractivity (Wildman–Crippen MR) is 109 cm³/mol. The lowest BCUT2D eigenvalue weighted by Crippen LogP contribution is -2.31. The van der Waals surface area contributed by atoms with Crippen LogP contribution in [0.3, 0.4) is 0 Å². The van der Waals surface area contributed by atoms with Crippen molar-refractivity contribution in [2.45, 2.75) is 51.6 Å². The number of hydrogen-bond donors (Lipinski definition) is 1. The quantitative estimate of drug-likeness (QED) is 0.724. The average molecular weight is 412 g/mol. The molecular weight excluding hydrogens is 386 g/mol. The maximum atomic E-state index is 4.53. The third kappa shape index (κ3) is 3.47. The standard InChI is InChI=1S/C17H25N5S.BrH/c1-10(2)22(6)15-13-16(20-9-19-15)23-14-11(18-5)7-17(3,4)8-12(14)21-13;/h9-10,21H,7-8H2,1-6H3;1H. The second-order valence-corrected chi connectivity index (χ2v) is 8.30. The van der Waals surface area contributed by atoms with Crippen LogP contribution in [0.15, 0.2) is 26.9 Å². The van der Waals surface area contributed by atoms with Crippen molar-refractivity contribution in [3.05, 3.63) is 16.9 Å². The predicted octanol–water partition coefficient (Wildman–Crippen LogP) is 4.52. The molecule has 24 heavy (non-hydrogen) atoms. The maximum absolute atomic E-state index is 4.53. The van der Waals surface area contributed by atoms with Gasteiger partial charge in [-0.1, -0.05) is 25.6 Å². The Morgan fingerprint density at radius 2 is 2.00 bits per heavy atom. The van der Waals surface area contributed by atoms with E-state index < -0.39 is 0 Å². The first-order valence-electron chi connectivity index (χ1n) is 8.04. The molecule has 0 spiro atoms. The molecule has 2 aliphatic rings. The molecule has 132 valence electrons. The zero-order valence-electron chi connectivity index (χ0n) is 15.2. The van der Waals surface area contributed by atoms with Crippen LogP contribution in [0.25, 0.3) is 0 Å². The van der Waals surface area contributed by atoms with Gasteiger partial charge in [-0.05, 0) is 32.1 Å². The first-order chi connectivity index (χ1) is 10.8. The number of anilines is 2. The van der Waals surface area contributed by atoms with E-state index >= 15 is 0 Å². The van der Waals surface area contributed by atoms with E-state index in [1.807, 2.05) is 7.05 Å². The monoisotopic (exact) mass is 411 g/mol. The van der Waals surface area contributed by atoms with E-state index in [0.29, 0.717) is 6.04 Å². The van der Waals surface area contributed by atoms with Gasteiger partial charge in [0.15, 0.2) is 5.82 Å². The van der Waals surface area contributed by atoms with Gasteiger partial charge in [-0.15, -0.1) is 17.0 Å². The molecule has 1 aliphatic heterocycles. The Hall–Kier alpha value is -1.08. The van der Waals surface area contributed by atoms with Crippen LogP contribution in [0.4, 0.5) is 11.5 Å². The van der Waals surface area contributed by atoms with Crippen molar-refractivity contribution in [2.24, 2.45) is 10.4 Å². The summed E-state index contributed by atoms with van der Waals surface area (Å²) < 4.78 is 0.